The highest BCUT2D eigenvalue weighted by Crippen LogP contribution is 2.31. The van der Waals surface area contributed by atoms with Crippen molar-refractivity contribution in [3.05, 3.63) is 29.3 Å². The minimum atomic E-state index is -0.0190. The monoisotopic (exact) mass is 296 g/mol. The van der Waals surface area contributed by atoms with E-state index in [0.29, 0.717) is 10.2 Å². The second-order valence-electron chi connectivity index (χ2n) is 4.03. The normalized spacial score (nSPS) is 10.3. The zero-order valence-electron chi connectivity index (χ0n) is 10.6. The quantitative estimate of drug-likeness (QED) is 0.941. The van der Waals surface area contributed by atoms with E-state index in [1.54, 1.807) is 20.2 Å². The first-order valence-electron chi connectivity index (χ1n) is 5.60. The Balaban J connectivity index is 2.08. The van der Waals surface area contributed by atoms with Gasteiger partial charge in [-0.25, -0.2) is 0 Å². The van der Waals surface area contributed by atoms with Gasteiger partial charge in [0, 0.05) is 19.7 Å². The van der Waals surface area contributed by atoms with Crippen molar-refractivity contribution in [3.8, 4) is 10.6 Å². The van der Waals surface area contributed by atoms with Gasteiger partial charge in [-0.1, -0.05) is 41.1 Å². The SMILES string of the molecule is CN(C)C(=O)CNc1nnc(-c2ccccc2Cl)s1. The summed E-state index contributed by atoms with van der Waals surface area (Å²) in [5.74, 6) is -0.0190. The molecule has 1 aromatic heterocycles. The summed E-state index contributed by atoms with van der Waals surface area (Å²) in [4.78, 5) is 13.0. The summed E-state index contributed by atoms with van der Waals surface area (Å²) in [5.41, 5.74) is 0.841. The fraction of sp³-hybridized carbons (Fsp3) is 0.250. The van der Waals surface area contributed by atoms with Gasteiger partial charge in [-0.3, -0.25) is 4.79 Å². The Hall–Kier alpha value is -1.66. The molecule has 0 aliphatic heterocycles. The van der Waals surface area contributed by atoms with Crippen LogP contribution < -0.4 is 5.32 Å². The molecule has 0 unspecified atom stereocenters. The molecule has 0 fully saturated rings. The van der Waals surface area contributed by atoms with Gasteiger partial charge >= 0.3 is 0 Å². The van der Waals surface area contributed by atoms with Crippen LogP contribution >= 0.6 is 22.9 Å². The average Bonchev–Trinajstić information content (AvgIpc) is 2.85. The minimum Gasteiger partial charge on any atom is -0.351 e. The molecule has 0 atom stereocenters. The van der Waals surface area contributed by atoms with Crippen LogP contribution in [0.5, 0.6) is 0 Å². The first-order valence-corrected chi connectivity index (χ1v) is 6.80. The number of hydrogen-bond acceptors (Lipinski definition) is 5. The molecule has 19 heavy (non-hydrogen) atoms. The number of nitrogens with zero attached hydrogens (tertiary/aromatic N) is 3. The Labute approximate surface area is 120 Å². The second-order valence-corrected chi connectivity index (χ2v) is 5.42. The number of hydrogen-bond donors (Lipinski definition) is 1. The summed E-state index contributed by atoms with van der Waals surface area (Å²) in [6, 6.07) is 7.45. The predicted octanol–water partition coefficient (Wildman–Crippen LogP) is 2.36. The Morgan fingerprint density at radius 1 is 1.37 bits per heavy atom. The molecule has 0 bridgehead atoms. The third kappa shape index (κ3) is 3.42. The fourth-order valence-electron chi connectivity index (χ4n) is 1.35. The summed E-state index contributed by atoms with van der Waals surface area (Å²) in [6.45, 7) is 0.199. The van der Waals surface area contributed by atoms with Crippen molar-refractivity contribution in [1.82, 2.24) is 15.1 Å². The average molecular weight is 297 g/mol. The molecular weight excluding hydrogens is 284 g/mol. The molecule has 2 aromatic rings. The number of carbonyl (C=O) groups excluding carboxylic acids is 1. The Bertz CT molecular complexity index is 585. The van der Waals surface area contributed by atoms with Crippen LogP contribution in [0.15, 0.2) is 24.3 Å². The van der Waals surface area contributed by atoms with Crippen LogP contribution in [0.3, 0.4) is 0 Å². The number of anilines is 1. The molecule has 1 heterocycles. The van der Waals surface area contributed by atoms with Gasteiger partial charge in [0.2, 0.25) is 11.0 Å². The van der Waals surface area contributed by atoms with Crippen molar-refractivity contribution in [1.29, 1.82) is 0 Å². The van der Waals surface area contributed by atoms with Gasteiger partial charge in [0.25, 0.3) is 0 Å². The van der Waals surface area contributed by atoms with Gasteiger partial charge in [-0.05, 0) is 6.07 Å². The molecule has 0 radical (unpaired) electrons. The maximum Gasteiger partial charge on any atom is 0.241 e. The lowest BCUT2D eigenvalue weighted by Crippen LogP contribution is -2.28. The first kappa shape index (κ1) is 13.8. The van der Waals surface area contributed by atoms with Crippen LogP contribution in [0.4, 0.5) is 5.13 Å². The summed E-state index contributed by atoms with van der Waals surface area (Å²) in [5, 5.41) is 13.0. The maximum absolute atomic E-state index is 11.4. The predicted molar refractivity (Wildman–Crippen MR) is 77.5 cm³/mol. The van der Waals surface area contributed by atoms with E-state index in [-0.39, 0.29) is 12.5 Å². The largest absolute Gasteiger partial charge is 0.351 e. The summed E-state index contributed by atoms with van der Waals surface area (Å²) >= 11 is 7.46. The molecule has 1 amide bonds. The van der Waals surface area contributed by atoms with Crippen molar-refractivity contribution in [3.63, 3.8) is 0 Å². The van der Waals surface area contributed by atoms with Crippen molar-refractivity contribution in [2.24, 2.45) is 0 Å². The van der Waals surface area contributed by atoms with Crippen LogP contribution in [-0.4, -0.2) is 41.6 Å². The zero-order chi connectivity index (χ0) is 13.8. The molecule has 1 N–H and O–H groups in total. The number of amides is 1. The number of aromatic nitrogens is 2. The highest BCUT2D eigenvalue weighted by Gasteiger charge is 2.10. The number of benzene rings is 1. The van der Waals surface area contributed by atoms with Gasteiger partial charge in [0.15, 0.2) is 5.01 Å². The molecule has 2 rings (SSSR count). The highest BCUT2D eigenvalue weighted by molar-refractivity contribution is 7.18. The maximum atomic E-state index is 11.4. The molecule has 1 aromatic carbocycles. The van der Waals surface area contributed by atoms with E-state index in [1.807, 2.05) is 18.2 Å². The van der Waals surface area contributed by atoms with Crippen LogP contribution in [-0.2, 0) is 4.79 Å². The molecular formula is C12H13ClN4OS. The van der Waals surface area contributed by atoms with E-state index >= 15 is 0 Å². The lowest BCUT2D eigenvalue weighted by Gasteiger charge is -2.09. The van der Waals surface area contributed by atoms with E-state index in [4.69, 9.17) is 11.6 Å². The van der Waals surface area contributed by atoms with Crippen molar-refractivity contribution in [2.75, 3.05) is 26.0 Å². The van der Waals surface area contributed by atoms with Crippen molar-refractivity contribution >= 4 is 34.0 Å². The van der Waals surface area contributed by atoms with E-state index in [0.717, 1.165) is 10.6 Å². The number of halogens is 1. The van der Waals surface area contributed by atoms with Crippen LogP contribution in [0, 0.1) is 0 Å². The van der Waals surface area contributed by atoms with Gasteiger partial charge in [-0.2, -0.15) is 0 Å². The molecule has 0 spiro atoms. The number of carbonyl (C=O) groups is 1. The van der Waals surface area contributed by atoms with Gasteiger partial charge in [-0.15, -0.1) is 10.2 Å². The van der Waals surface area contributed by atoms with E-state index < -0.39 is 0 Å². The number of nitrogens with one attached hydrogen (secondary N) is 1. The number of likely N-dealkylation sites (N-methyl/N-ethyl adjacent to an activating group) is 1. The molecule has 0 aliphatic rings. The smallest absolute Gasteiger partial charge is 0.241 e. The summed E-state index contributed by atoms with van der Waals surface area (Å²) in [6.07, 6.45) is 0. The van der Waals surface area contributed by atoms with Gasteiger partial charge in [0.1, 0.15) is 0 Å². The molecule has 0 saturated heterocycles. The van der Waals surface area contributed by atoms with Crippen LogP contribution in [0.25, 0.3) is 10.6 Å². The first-order chi connectivity index (χ1) is 9.08. The van der Waals surface area contributed by atoms with E-state index in [9.17, 15) is 4.79 Å². The second kappa shape index (κ2) is 5.99. The van der Waals surface area contributed by atoms with Gasteiger partial charge < -0.3 is 10.2 Å². The molecule has 7 heteroatoms. The van der Waals surface area contributed by atoms with Crippen LogP contribution in [0.2, 0.25) is 5.02 Å². The topological polar surface area (TPSA) is 58.1 Å². The Morgan fingerprint density at radius 3 is 2.79 bits per heavy atom. The third-order valence-corrected chi connectivity index (χ3v) is 3.66. The van der Waals surface area contributed by atoms with Crippen molar-refractivity contribution < 1.29 is 4.79 Å². The molecule has 100 valence electrons. The molecule has 0 saturated carbocycles. The van der Waals surface area contributed by atoms with E-state index in [1.165, 1.54) is 16.2 Å². The summed E-state index contributed by atoms with van der Waals surface area (Å²) in [7, 11) is 3.42. The summed E-state index contributed by atoms with van der Waals surface area (Å²) < 4.78 is 0. The minimum absolute atomic E-state index is 0.0190. The zero-order valence-corrected chi connectivity index (χ0v) is 12.1. The third-order valence-electron chi connectivity index (χ3n) is 2.42. The molecule has 5 nitrogen and oxygen atoms in total. The highest BCUT2D eigenvalue weighted by atomic mass is 35.5. The lowest BCUT2D eigenvalue weighted by molar-refractivity contribution is -0.126. The Morgan fingerprint density at radius 2 is 2.11 bits per heavy atom. The fourth-order valence-corrected chi connectivity index (χ4v) is 2.41. The standard InChI is InChI=1S/C12H13ClN4OS/c1-17(2)10(18)7-14-12-16-15-11(19-12)8-5-3-4-6-9(8)13/h3-6H,7H2,1-2H3,(H,14,16). The molecule has 0 aliphatic carbocycles. The van der Waals surface area contributed by atoms with Crippen molar-refractivity contribution in [2.45, 2.75) is 0 Å². The van der Waals surface area contributed by atoms with E-state index in [2.05, 4.69) is 15.5 Å². The Kier molecular flexibility index (Phi) is 4.34. The lowest BCUT2D eigenvalue weighted by atomic mass is 10.2. The van der Waals surface area contributed by atoms with Crippen LogP contribution in [0.1, 0.15) is 0 Å². The number of rotatable bonds is 4. The van der Waals surface area contributed by atoms with Gasteiger partial charge in [0.05, 0.1) is 11.6 Å².